The first-order chi connectivity index (χ1) is 12.3. The Labute approximate surface area is 156 Å². The minimum Gasteiger partial charge on any atom is -0.460 e. The predicted octanol–water partition coefficient (Wildman–Crippen LogP) is 3.23. The molecule has 0 aliphatic carbocycles. The summed E-state index contributed by atoms with van der Waals surface area (Å²) in [4.78, 5) is 22.7. The Morgan fingerprint density at radius 2 is 1.54 bits per heavy atom. The summed E-state index contributed by atoms with van der Waals surface area (Å²) in [6.45, 7) is 10.3. The number of rotatable bonds is 15. The molecular weight excluding hydrogens is 359 g/mol. The van der Waals surface area contributed by atoms with E-state index in [9.17, 15) is 14.2 Å². The van der Waals surface area contributed by atoms with E-state index in [1.807, 2.05) is 0 Å². The van der Waals surface area contributed by atoms with Gasteiger partial charge in [0.1, 0.15) is 6.61 Å². The van der Waals surface area contributed by atoms with Crippen LogP contribution >= 0.6 is 7.60 Å². The molecule has 0 aliphatic heterocycles. The van der Waals surface area contributed by atoms with Gasteiger partial charge in [0.05, 0.1) is 25.9 Å². The van der Waals surface area contributed by atoms with Gasteiger partial charge in [-0.25, -0.2) is 9.59 Å². The maximum absolute atomic E-state index is 12.3. The summed E-state index contributed by atoms with van der Waals surface area (Å²) in [5, 5.41) is 5.33. The zero-order valence-electron chi connectivity index (χ0n) is 16.2. The number of carbonyl (C=O) groups is 2. The van der Waals surface area contributed by atoms with Gasteiger partial charge in [-0.15, -0.1) is 0 Å². The molecule has 0 aromatic rings. The first-order valence-electron chi connectivity index (χ1n) is 9.07. The van der Waals surface area contributed by atoms with E-state index in [0.717, 1.165) is 25.7 Å². The van der Waals surface area contributed by atoms with Crippen LogP contribution in [-0.2, 0) is 23.1 Å². The lowest BCUT2D eigenvalue weighted by atomic mass is 10.2. The summed E-state index contributed by atoms with van der Waals surface area (Å²) in [5.74, 6) is -0.467. The van der Waals surface area contributed by atoms with Gasteiger partial charge in [-0.1, -0.05) is 19.4 Å². The molecule has 0 rings (SSSR count). The molecular formula is C17H33N2O6P. The van der Waals surface area contributed by atoms with Gasteiger partial charge in [0.2, 0.25) is 0 Å². The van der Waals surface area contributed by atoms with E-state index in [2.05, 4.69) is 17.2 Å². The first kappa shape index (κ1) is 24.6. The highest BCUT2D eigenvalue weighted by Crippen LogP contribution is 2.48. The van der Waals surface area contributed by atoms with Crippen molar-refractivity contribution in [1.29, 1.82) is 0 Å². The number of urea groups is 1. The minimum absolute atomic E-state index is 0.110. The summed E-state index contributed by atoms with van der Waals surface area (Å²) in [6, 6.07) is -0.298. The molecule has 2 amide bonds. The van der Waals surface area contributed by atoms with Crippen LogP contribution in [0.15, 0.2) is 12.2 Å². The SMILES string of the molecule is C=C(C)C(=O)OCCNC(=O)NCCCCCCP(=O)(OCC)OCC. The lowest BCUT2D eigenvalue weighted by molar-refractivity contribution is -0.138. The predicted molar refractivity (Wildman–Crippen MR) is 101 cm³/mol. The number of amides is 2. The van der Waals surface area contributed by atoms with Crippen molar-refractivity contribution in [2.75, 3.05) is 39.1 Å². The smallest absolute Gasteiger partial charge is 0.333 e. The van der Waals surface area contributed by atoms with Gasteiger partial charge in [0.15, 0.2) is 0 Å². The fourth-order valence-electron chi connectivity index (χ4n) is 2.04. The summed E-state index contributed by atoms with van der Waals surface area (Å²) >= 11 is 0. The number of ether oxygens (including phenoxy) is 1. The molecule has 2 N–H and O–H groups in total. The molecule has 26 heavy (non-hydrogen) atoms. The summed E-state index contributed by atoms with van der Waals surface area (Å²) < 4.78 is 27.6. The average Bonchev–Trinajstić information content (AvgIpc) is 2.58. The molecule has 0 bridgehead atoms. The topological polar surface area (TPSA) is 103 Å². The molecule has 9 heteroatoms. The maximum Gasteiger partial charge on any atom is 0.333 e. The third-order valence-corrected chi connectivity index (χ3v) is 5.43. The van der Waals surface area contributed by atoms with Crippen LogP contribution in [0.1, 0.15) is 46.5 Å². The highest BCUT2D eigenvalue weighted by Gasteiger charge is 2.22. The van der Waals surface area contributed by atoms with Crippen molar-refractivity contribution < 1.29 is 27.9 Å². The monoisotopic (exact) mass is 392 g/mol. The second-order valence-electron chi connectivity index (χ2n) is 5.68. The number of hydrogen-bond acceptors (Lipinski definition) is 6. The Morgan fingerprint density at radius 1 is 0.962 bits per heavy atom. The van der Waals surface area contributed by atoms with Crippen LogP contribution in [0.3, 0.4) is 0 Å². The van der Waals surface area contributed by atoms with Gasteiger partial charge >= 0.3 is 19.6 Å². The number of nitrogens with one attached hydrogen (secondary N) is 2. The van der Waals surface area contributed by atoms with Crippen molar-refractivity contribution in [1.82, 2.24) is 10.6 Å². The fourth-order valence-corrected chi connectivity index (χ4v) is 3.77. The molecule has 0 saturated carbocycles. The van der Waals surface area contributed by atoms with E-state index in [1.165, 1.54) is 0 Å². The lowest BCUT2D eigenvalue weighted by Crippen LogP contribution is -2.38. The Bertz CT molecular complexity index is 474. The van der Waals surface area contributed by atoms with Crippen molar-refractivity contribution in [3.05, 3.63) is 12.2 Å². The largest absolute Gasteiger partial charge is 0.460 e. The van der Waals surface area contributed by atoms with Crippen LogP contribution in [0, 0.1) is 0 Å². The van der Waals surface area contributed by atoms with E-state index < -0.39 is 13.6 Å². The third kappa shape index (κ3) is 12.9. The van der Waals surface area contributed by atoms with Crippen LogP contribution in [-0.4, -0.2) is 51.1 Å². The normalized spacial score (nSPS) is 11.0. The zero-order chi connectivity index (χ0) is 19.8. The number of carbonyl (C=O) groups excluding carboxylic acids is 2. The van der Waals surface area contributed by atoms with Gasteiger partial charge in [0, 0.05) is 12.1 Å². The third-order valence-electron chi connectivity index (χ3n) is 3.27. The van der Waals surface area contributed by atoms with Crippen LogP contribution in [0.25, 0.3) is 0 Å². The second kappa shape index (κ2) is 14.8. The Balaban J connectivity index is 3.62. The van der Waals surface area contributed by atoms with E-state index in [4.69, 9.17) is 13.8 Å². The minimum atomic E-state index is -2.94. The van der Waals surface area contributed by atoms with Crippen molar-refractivity contribution in [2.45, 2.75) is 46.5 Å². The molecule has 0 saturated heterocycles. The van der Waals surface area contributed by atoms with Crippen LogP contribution in [0.2, 0.25) is 0 Å². The van der Waals surface area contributed by atoms with E-state index in [-0.39, 0.29) is 19.2 Å². The van der Waals surface area contributed by atoms with E-state index in [1.54, 1.807) is 20.8 Å². The number of esters is 1. The van der Waals surface area contributed by atoms with Crippen molar-refractivity contribution in [2.24, 2.45) is 0 Å². The molecule has 8 nitrogen and oxygen atoms in total. The quantitative estimate of drug-likeness (QED) is 0.192. The van der Waals surface area contributed by atoms with E-state index in [0.29, 0.717) is 31.5 Å². The lowest BCUT2D eigenvalue weighted by Gasteiger charge is -2.16. The van der Waals surface area contributed by atoms with Crippen LogP contribution < -0.4 is 10.6 Å². The summed E-state index contributed by atoms with van der Waals surface area (Å²) in [5.41, 5.74) is 0.327. The number of unbranched alkanes of at least 4 members (excludes halogenated alkanes) is 3. The molecule has 0 atom stereocenters. The maximum atomic E-state index is 12.3. The van der Waals surface area contributed by atoms with Gasteiger partial charge in [0.25, 0.3) is 0 Å². The molecule has 0 radical (unpaired) electrons. The molecule has 0 fully saturated rings. The van der Waals surface area contributed by atoms with Crippen LogP contribution in [0.4, 0.5) is 4.79 Å². The van der Waals surface area contributed by atoms with Gasteiger partial charge in [-0.3, -0.25) is 4.57 Å². The van der Waals surface area contributed by atoms with Crippen molar-refractivity contribution in [3.8, 4) is 0 Å². The van der Waals surface area contributed by atoms with Gasteiger partial charge < -0.3 is 24.4 Å². The molecule has 0 aliphatic rings. The average molecular weight is 392 g/mol. The highest BCUT2D eigenvalue weighted by atomic mass is 31.2. The molecule has 0 unspecified atom stereocenters. The molecule has 0 aromatic carbocycles. The first-order valence-corrected chi connectivity index (χ1v) is 10.8. The molecule has 152 valence electrons. The van der Waals surface area contributed by atoms with Crippen molar-refractivity contribution >= 4 is 19.6 Å². The Kier molecular flexibility index (Phi) is 14.0. The van der Waals surface area contributed by atoms with Gasteiger partial charge in [-0.2, -0.15) is 0 Å². The molecule has 0 spiro atoms. The Hall–Kier alpha value is -1.37. The molecule has 0 aromatic heterocycles. The van der Waals surface area contributed by atoms with Gasteiger partial charge in [-0.05, 0) is 33.6 Å². The Morgan fingerprint density at radius 3 is 2.12 bits per heavy atom. The van der Waals surface area contributed by atoms with Crippen molar-refractivity contribution in [3.63, 3.8) is 0 Å². The molecule has 0 heterocycles. The fraction of sp³-hybridized carbons (Fsp3) is 0.765. The standard InChI is InChI=1S/C17H33N2O6P/c1-5-24-26(22,25-6-2)14-10-8-7-9-11-18-17(21)19-12-13-23-16(20)15(3)4/h3,5-14H2,1-2,4H3,(H2,18,19,21). The van der Waals surface area contributed by atoms with E-state index >= 15 is 0 Å². The van der Waals surface area contributed by atoms with Crippen LogP contribution in [0.5, 0.6) is 0 Å². The summed E-state index contributed by atoms with van der Waals surface area (Å²) in [6.07, 6.45) is 3.81. The summed E-state index contributed by atoms with van der Waals surface area (Å²) in [7, 11) is -2.94. The highest BCUT2D eigenvalue weighted by molar-refractivity contribution is 7.53. The number of hydrogen-bond donors (Lipinski definition) is 2. The second-order valence-corrected chi connectivity index (χ2v) is 7.87. The zero-order valence-corrected chi connectivity index (χ0v) is 17.1.